The molecule has 0 spiro atoms. The highest BCUT2D eigenvalue weighted by molar-refractivity contribution is 6.11. The molecule has 1 aliphatic heterocycles. The van der Waals surface area contributed by atoms with Crippen LogP contribution in [0, 0.1) is 32.8 Å². The number of hydrazine groups is 1. The fourth-order valence-corrected chi connectivity index (χ4v) is 2.40. The second-order valence-electron chi connectivity index (χ2n) is 4.81. The third-order valence-electron chi connectivity index (χ3n) is 3.36. The van der Waals surface area contributed by atoms with Gasteiger partial charge in [0.15, 0.2) is 16.4 Å². The van der Waals surface area contributed by atoms with Crippen LogP contribution in [0.1, 0.15) is 11.4 Å². The summed E-state index contributed by atoms with van der Waals surface area (Å²) in [6, 6.07) is 10.9. The number of fused-ring (bicyclic) bond motifs is 3. The summed E-state index contributed by atoms with van der Waals surface area (Å²) >= 11 is 0. The molecule has 11 nitrogen and oxygen atoms in total. The van der Waals surface area contributed by atoms with Crippen LogP contribution in [0.2, 0.25) is 0 Å². The number of benzene rings is 1. The van der Waals surface area contributed by atoms with Crippen molar-refractivity contribution in [2.75, 3.05) is 5.43 Å². The minimum absolute atomic E-state index is 0.00581. The highest BCUT2D eigenvalue weighted by atomic mass is 16.7. The normalized spacial score (nSPS) is 11.0. The SMILES string of the molecule is N#Cc1nc2c3ccccc3c(NN=C(N)N[N+](=O)[O-])c-2[nH]c1C#N. The molecule has 1 heterocycles. The number of nitrogens with two attached hydrogens (primary N) is 1. The number of rotatable bonds is 3. The molecule has 0 amide bonds. The van der Waals surface area contributed by atoms with Crippen LogP contribution in [0.4, 0.5) is 5.69 Å². The van der Waals surface area contributed by atoms with Crippen molar-refractivity contribution in [2.24, 2.45) is 10.8 Å². The maximum absolute atomic E-state index is 10.4. The van der Waals surface area contributed by atoms with E-state index in [2.05, 4.69) is 20.5 Å². The number of hydrogen-bond acceptors (Lipinski definition) is 7. The van der Waals surface area contributed by atoms with Crippen LogP contribution in [0.25, 0.3) is 22.2 Å². The Kier molecular flexibility index (Phi) is 3.73. The molecule has 0 bridgehead atoms. The van der Waals surface area contributed by atoms with Crippen LogP contribution in [-0.2, 0) is 0 Å². The highest BCUT2D eigenvalue weighted by Crippen LogP contribution is 2.40. The summed E-state index contributed by atoms with van der Waals surface area (Å²) in [6.07, 6.45) is 0. The number of hydrazone groups is 1. The monoisotopic (exact) mass is 335 g/mol. The number of anilines is 1. The first-order chi connectivity index (χ1) is 12.0. The number of nitro groups is 1. The van der Waals surface area contributed by atoms with Gasteiger partial charge in [0.1, 0.15) is 12.1 Å². The van der Waals surface area contributed by atoms with Gasteiger partial charge in [-0.1, -0.05) is 29.7 Å². The number of H-pyrrole nitrogens is 1. The zero-order chi connectivity index (χ0) is 18.0. The third-order valence-corrected chi connectivity index (χ3v) is 3.36. The largest absolute Gasteiger partial charge is 0.364 e. The van der Waals surface area contributed by atoms with Crippen molar-refractivity contribution in [3.05, 3.63) is 45.8 Å². The van der Waals surface area contributed by atoms with Crippen LogP contribution < -0.4 is 16.6 Å². The smallest absolute Gasteiger partial charge is 0.273 e. The number of nitrogens with zero attached hydrogens (tertiary/aromatic N) is 5. The molecule has 0 radical (unpaired) electrons. The second kappa shape index (κ2) is 6.02. The Hall–Kier alpha value is -4.38. The van der Waals surface area contributed by atoms with Gasteiger partial charge in [0.05, 0.1) is 17.1 Å². The summed E-state index contributed by atoms with van der Waals surface area (Å²) in [4.78, 5) is 17.4. The van der Waals surface area contributed by atoms with Gasteiger partial charge in [-0.05, 0) is 0 Å². The van der Waals surface area contributed by atoms with E-state index in [-0.39, 0.29) is 11.4 Å². The van der Waals surface area contributed by atoms with Crippen molar-refractivity contribution in [3.8, 4) is 23.5 Å². The first-order valence-corrected chi connectivity index (χ1v) is 6.80. The predicted molar refractivity (Wildman–Crippen MR) is 87.5 cm³/mol. The lowest BCUT2D eigenvalue weighted by Crippen LogP contribution is -2.36. The molecule has 11 heteroatoms. The van der Waals surface area contributed by atoms with E-state index in [4.69, 9.17) is 16.3 Å². The standard InChI is InChI=1S/C14H9N9O2/c15-5-9-10(6-16)19-13-11(18-9)7-3-1-2-4-8(7)12(13)20-21-14(17)22-23(24)25/h1-4,19-20H,(H3,17,21,22). The highest BCUT2D eigenvalue weighted by Gasteiger charge is 2.22. The van der Waals surface area contributed by atoms with E-state index in [1.807, 2.05) is 12.1 Å². The zero-order valence-corrected chi connectivity index (χ0v) is 12.4. The lowest BCUT2D eigenvalue weighted by Gasteiger charge is -2.06. The summed E-state index contributed by atoms with van der Waals surface area (Å²) in [5, 5.41) is 32.9. The van der Waals surface area contributed by atoms with E-state index in [0.29, 0.717) is 27.8 Å². The van der Waals surface area contributed by atoms with Gasteiger partial charge in [-0.3, -0.25) is 5.43 Å². The molecule has 0 fully saturated rings. The average Bonchev–Trinajstić information content (AvgIpc) is 2.91. The lowest BCUT2D eigenvalue weighted by atomic mass is 10.2. The first-order valence-electron chi connectivity index (χ1n) is 6.80. The molecule has 5 N–H and O–H groups in total. The molecule has 0 atom stereocenters. The number of guanidine groups is 1. The van der Waals surface area contributed by atoms with Crippen LogP contribution in [0.15, 0.2) is 29.4 Å². The minimum Gasteiger partial charge on any atom is -0.364 e. The predicted octanol–water partition coefficient (Wildman–Crippen LogP) is 0.834. The molecular weight excluding hydrogens is 326 g/mol. The fourth-order valence-electron chi connectivity index (χ4n) is 2.40. The Morgan fingerprint density at radius 3 is 2.68 bits per heavy atom. The lowest BCUT2D eigenvalue weighted by molar-refractivity contribution is -0.525. The molecule has 25 heavy (non-hydrogen) atoms. The average molecular weight is 335 g/mol. The quantitative estimate of drug-likeness (QED) is 0.235. The van der Waals surface area contributed by atoms with Crippen LogP contribution in [0.5, 0.6) is 0 Å². The molecule has 1 aliphatic carbocycles. The van der Waals surface area contributed by atoms with Crippen LogP contribution in [-0.4, -0.2) is 21.0 Å². The maximum Gasteiger partial charge on any atom is 0.273 e. The Bertz CT molecular complexity index is 1070. The van der Waals surface area contributed by atoms with Gasteiger partial charge in [0.25, 0.3) is 5.96 Å². The second-order valence-corrected chi connectivity index (χ2v) is 4.81. The van der Waals surface area contributed by atoms with Crippen LogP contribution >= 0.6 is 0 Å². The first kappa shape index (κ1) is 15.5. The molecule has 2 aliphatic rings. The number of aromatic nitrogens is 2. The van der Waals surface area contributed by atoms with Gasteiger partial charge in [-0.25, -0.2) is 15.1 Å². The van der Waals surface area contributed by atoms with Gasteiger partial charge in [-0.2, -0.15) is 10.5 Å². The van der Waals surface area contributed by atoms with Crippen molar-refractivity contribution >= 4 is 22.4 Å². The van der Waals surface area contributed by atoms with E-state index >= 15 is 0 Å². The van der Waals surface area contributed by atoms with Crippen molar-refractivity contribution in [3.63, 3.8) is 0 Å². The van der Waals surface area contributed by atoms with Crippen molar-refractivity contribution < 1.29 is 5.03 Å². The zero-order valence-electron chi connectivity index (χ0n) is 12.4. The van der Waals surface area contributed by atoms with Gasteiger partial charge < -0.3 is 10.7 Å². The Morgan fingerprint density at radius 1 is 1.32 bits per heavy atom. The molecule has 0 saturated heterocycles. The topological polar surface area (TPSA) is 182 Å². The molecular formula is C14H9N9O2. The minimum atomic E-state index is -0.845. The number of aromatic amines is 1. The van der Waals surface area contributed by atoms with E-state index in [1.165, 1.54) is 0 Å². The molecule has 0 saturated carbocycles. The molecule has 1 aromatic carbocycles. The fraction of sp³-hybridized carbons (Fsp3) is 0. The van der Waals surface area contributed by atoms with Crippen molar-refractivity contribution in [1.82, 2.24) is 15.4 Å². The Balaban J connectivity index is 2.21. The third kappa shape index (κ3) is 2.69. The van der Waals surface area contributed by atoms with Crippen LogP contribution in [0.3, 0.4) is 0 Å². The summed E-state index contributed by atoms with van der Waals surface area (Å²) in [5.41, 5.74) is 11.0. The van der Waals surface area contributed by atoms with E-state index in [0.717, 1.165) is 0 Å². The maximum atomic E-state index is 10.4. The van der Waals surface area contributed by atoms with Crippen molar-refractivity contribution in [2.45, 2.75) is 0 Å². The molecule has 1 aromatic rings. The van der Waals surface area contributed by atoms with Gasteiger partial charge >= 0.3 is 0 Å². The van der Waals surface area contributed by atoms with E-state index < -0.39 is 11.0 Å². The Labute approximate surface area is 139 Å². The number of nitriles is 2. The molecule has 0 unspecified atom stereocenters. The Morgan fingerprint density at radius 2 is 2.04 bits per heavy atom. The summed E-state index contributed by atoms with van der Waals surface area (Å²) in [5.74, 6) is -0.453. The van der Waals surface area contributed by atoms with Crippen molar-refractivity contribution in [1.29, 1.82) is 10.5 Å². The van der Waals surface area contributed by atoms with Gasteiger partial charge in [0.2, 0.25) is 0 Å². The van der Waals surface area contributed by atoms with Gasteiger partial charge in [-0.15, -0.1) is 5.10 Å². The van der Waals surface area contributed by atoms with Gasteiger partial charge in [0, 0.05) is 10.8 Å². The molecule has 3 rings (SSSR count). The summed E-state index contributed by atoms with van der Waals surface area (Å²) in [7, 11) is 0. The molecule has 122 valence electrons. The molecule has 0 aromatic heterocycles. The van der Waals surface area contributed by atoms with E-state index in [9.17, 15) is 10.1 Å². The summed E-state index contributed by atoms with van der Waals surface area (Å²) in [6.45, 7) is 0. The number of hydrogen-bond donors (Lipinski definition) is 4. The van der Waals surface area contributed by atoms with E-state index in [1.54, 1.807) is 29.7 Å². The summed E-state index contributed by atoms with van der Waals surface area (Å²) < 4.78 is 0. The number of nitrogens with one attached hydrogen (secondary N) is 3.